The lowest BCUT2D eigenvalue weighted by molar-refractivity contribution is 0.195. The molecule has 1 N–H and O–H groups in total. The van der Waals surface area contributed by atoms with Crippen LogP contribution in [0.25, 0.3) is 0 Å². The van der Waals surface area contributed by atoms with Crippen molar-refractivity contribution in [3.8, 4) is 0 Å². The van der Waals surface area contributed by atoms with E-state index in [0.717, 1.165) is 62.1 Å². The van der Waals surface area contributed by atoms with Gasteiger partial charge in [-0.1, -0.05) is 12.8 Å². The molecule has 7 heteroatoms. The van der Waals surface area contributed by atoms with Crippen LogP contribution in [0.2, 0.25) is 0 Å². The van der Waals surface area contributed by atoms with E-state index in [1.807, 2.05) is 18.5 Å². The number of hydrogen-bond acceptors (Lipinski definition) is 4. The van der Waals surface area contributed by atoms with Crippen LogP contribution in [-0.2, 0) is 18.3 Å². The van der Waals surface area contributed by atoms with Crippen LogP contribution in [-0.4, -0.2) is 59.0 Å². The van der Waals surface area contributed by atoms with Crippen molar-refractivity contribution in [3.05, 3.63) is 11.6 Å². The van der Waals surface area contributed by atoms with Crippen LogP contribution in [0.4, 0.5) is 0 Å². The summed E-state index contributed by atoms with van der Waals surface area (Å²) in [5.74, 6) is 4.54. The smallest absolute Gasteiger partial charge is 0.194 e. The molecule has 2 fully saturated rings. The first-order valence-electron chi connectivity index (χ1n) is 9.56. The van der Waals surface area contributed by atoms with E-state index in [0.29, 0.717) is 6.54 Å². The quantitative estimate of drug-likeness (QED) is 0.482. The average Bonchev–Trinajstić information content (AvgIpc) is 3.19. The van der Waals surface area contributed by atoms with E-state index in [4.69, 9.17) is 9.73 Å². The molecule has 1 aromatic heterocycles. The zero-order valence-corrected chi connectivity index (χ0v) is 15.9. The van der Waals surface area contributed by atoms with Gasteiger partial charge in [-0.05, 0) is 38.0 Å². The summed E-state index contributed by atoms with van der Waals surface area (Å²) in [7, 11) is 3.74. The van der Waals surface area contributed by atoms with E-state index in [-0.39, 0.29) is 0 Å². The maximum atomic E-state index is 5.16. The third kappa shape index (κ3) is 4.51. The molecule has 7 nitrogen and oxygen atoms in total. The van der Waals surface area contributed by atoms with Gasteiger partial charge in [0, 0.05) is 40.4 Å². The number of nitrogens with one attached hydrogen (secondary N) is 1. The van der Waals surface area contributed by atoms with Crippen LogP contribution in [0.5, 0.6) is 0 Å². The molecule has 0 radical (unpaired) electrons. The van der Waals surface area contributed by atoms with Crippen molar-refractivity contribution in [1.82, 2.24) is 25.0 Å². The summed E-state index contributed by atoms with van der Waals surface area (Å²) in [4.78, 5) is 7.33. The molecular weight excluding hydrogens is 316 g/mol. The van der Waals surface area contributed by atoms with Gasteiger partial charge in [-0.2, -0.15) is 0 Å². The van der Waals surface area contributed by atoms with Gasteiger partial charge in [0.15, 0.2) is 11.8 Å². The fourth-order valence-electron chi connectivity index (χ4n) is 4.00. The third-order valence-electron chi connectivity index (χ3n) is 5.64. The van der Waals surface area contributed by atoms with Gasteiger partial charge in [-0.3, -0.25) is 0 Å². The molecule has 140 valence electrons. The molecule has 2 unspecified atom stereocenters. The summed E-state index contributed by atoms with van der Waals surface area (Å²) in [6, 6.07) is 0. The molecule has 0 aromatic carbocycles. The van der Waals surface area contributed by atoms with Gasteiger partial charge < -0.3 is 19.5 Å². The average molecular weight is 348 g/mol. The Morgan fingerprint density at radius 2 is 1.96 bits per heavy atom. The molecule has 0 bridgehead atoms. The molecule has 2 atom stereocenters. The minimum Gasteiger partial charge on any atom is -0.385 e. The lowest BCUT2D eigenvalue weighted by Gasteiger charge is -2.22. The number of methoxy groups -OCH3 is 1. The van der Waals surface area contributed by atoms with E-state index in [1.165, 1.54) is 25.7 Å². The number of aromatic nitrogens is 3. The monoisotopic (exact) mass is 348 g/mol. The Labute approximate surface area is 150 Å². The topological polar surface area (TPSA) is 67.6 Å². The van der Waals surface area contributed by atoms with Crippen molar-refractivity contribution < 1.29 is 4.74 Å². The van der Waals surface area contributed by atoms with Gasteiger partial charge in [0.1, 0.15) is 12.4 Å². The number of ether oxygens (including phenoxy) is 1. The second-order valence-corrected chi connectivity index (χ2v) is 7.35. The Kier molecular flexibility index (Phi) is 6.29. The lowest BCUT2D eigenvalue weighted by Crippen LogP contribution is -2.41. The fraction of sp³-hybridized carbons (Fsp3) is 0.833. The normalized spacial score (nSPS) is 23.8. The first-order valence-corrected chi connectivity index (χ1v) is 9.56. The number of likely N-dealkylation sites (tertiary alicyclic amines) is 1. The van der Waals surface area contributed by atoms with E-state index in [1.54, 1.807) is 7.11 Å². The lowest BCUT2D eigenvalue weighted by atomic mass is 9.82. The number of fused-ring (bicyclic) bond motifs is 1. The maximum absolute atomic E-state index is 5.16. The number of guanidine groups is 1. The van der Waals surface area contributed by atoms with Crippen LogP contribution in [0.1, 0.15) is 43.8 Å². The number of rotatable bonds is 6. The minimum absolute atomic E-state index is 0.565. The van der Waals surface area contributed by atoms with Gasteiger partial charge in [0.05, 0.1) is 0 Å². The van der Waals surface area contributed by atoms with Crippen molar-refractivity contribution in [3.63, 3.8) is 0 Å². The van der Waals surface area contributed by atoms with Crippen molar-refractivity contribution >= 4 is 5.96 Å². The van der Waals surface area contributed by atoms with Gasteiger partial charge >= 0.3 is 0 Å². The molecule has 1 aromatic rings. The van der Waals surface area contributed by atoms with Crippen molar-refractivity contribution in [1.29, 1.82) is 0 Å². The van der Waals surface area contributed by atoms with Crippen molar-refractivity contribution in [2.24, 2.45) is 23.9 Å². The number of aryl methyl sites for hydroxylation is 1. The Hall–Kier alpha value is -1.63. The van der Waals surface area contributed by atoms with Crippen molar-refractivity contribution in [2.75, 3.05) is 33.4 Å². The first kappa shape index (κ1) is 18.2. The van der Waals surface area contributed by atoms with E-state index < -0.39 is 0 Å². The van der Waals surface area contributed by atoms with E-state index >= 15 is 0 Å². The van der Waals surface area contributed by atoms with Crippen LogP contribution >= 0.6 is 0 Å². The second-order valence-electron chi connectivity index (χ2n) is 7.35. The summed E-state index contributed by atoms with van der Waals surface area (Å²) in [6.45, 7) is 6.46. The standard InChI is InChI=1S/C18H32N6O/c1-14-21-22-17(23(14)2)11-20-18(19-9-6-10-25-3)24-12-15-7-4-5-8-16(15)13-24/h15-16H,4-13H2,1-3H3,(H,19,20). The summed E-state index contributed by atoms with van der Waals surface area (Å²) in [6.07, 6.45) is 6.52. The predicted molar refractivity (Wildman–Crippen MR) is 98.4 cm³/mol. The highest BCUT2D eigenvalue weighted by Crippen LogP contribution is 2.35. The van der Waals surface area contributed by atoms with E-state index in [2.05, 4.69) is 20.4 Å². The minimum atomic E-state index is 0.565. The maximum Gasteiger partial charge on any atom is 0.194 e. The van der Waals surface area contributed by atoms with Crippen LogP contribution in [0.3, 0.4) is 0 Å². The zero-order chi connectivity index (χ0) is 17.6. The van der Waals surface area contributed by atoms with Gasteiger partial charge in [-0.25, -0.2) is 4.99 Å². The molecule has 1 aliphatic carbocycles. The van der Waals surface area contributed by atoms with Crippen LogP contribution < -0.4 is 5.32 Å². The molecule has 0 spiro atoms. The summed E-state index contributed by atoms with van der Waals surface area (Å²) in [5.41, 5.74) is 0. The molecule has 2 aliphatic rings. The molecule has 1 saturated carbocycles. The Morgan fingerprint density at radius 3 is 2.56 bits per heavy atom. The number of hydrogen-bond donors (Lipinski definition) is 1. The van der Waals surface area contributed by atoms with Crippen LogP contribution in [0.15, 0.2) is 4.99 Å². The van der Waals surface area contributed by atoms with E-state index in [9.17, 15) is 0 Å². The van der Waals surface area contributed by atoms with Crippen LogP contribution in [0, 0.1) is 18.8 Å². The highest BCUT2D eigenvalue weighted by atomic mass is 16.5. The fourth-order valence-corrected chi connectivity index (χ4v) is 4.00. The molecule has 0 amide bonds. The first-order chi connectivity index (χ1) is 12.2. The summed E-state index contributed by atoms with van der Waals surface area (Å²) >= 11 is 0. The third-order valence-corrected chi connectivity index (χ3v) is 5.64. The molecule has 1 saturated heterocycles. The molecule has 3 rings (SSSR count). The predicted octanol–water partition coefficient (Wildman–Crippen LogP) is 1.73. The second kappa shape index (κ2) is 8.65. The summed E-state index contributed by atoms with van der Waals surface area (Å²) < 4.78 is 7.17. The Morgan fingerprint density at radius 1 is 1.24 bits per heavy atom. The molecule has 2 heterocycles. The highest BCUT2D eigenvalue weighted by molar-refractivity contribution is 5.80. The summed E-state index contributed by atoms with van der Waals surface area (Å²) in [5, 5.41) is 11.9. The zero-order valence-electron chi connectivity index (χ0n) is 15.9. The van der Waals surface area contributed by atoms with Crippen molar-refractivity contribution in [2.45, 2.75) is 45.6 Å². The molecule has 25 heavy (non-hydrogen) atoms. The molecular formula is C18H32N6O. The Balaban J connectivity index is 1.66. The largest absolute Gasteiger partial charge is 0.385 e. The van der Waals surface area contributed by atoms with Gasteiger partial charge in [0.2, 0.25) is 0 Å². The number of nitrogens with zero attached hydrogens (tertiary/aromatic N) is 5. The van der Waals surface area contributed by atoms with Gasteiger partial charge in [-0.15, -0.1) is 10.2 Å². The van der Waals surface area contributed by atoms with Gasteiger partial charge in [0.25, 0.3) is 0 Å². The SMILES string of the molecule is COCCCNC(=NCc1nnc(C)n1C)N1CC2CCCCC2C1. The highest BCUT2D eigenvalue weighted by Gasteiger charge is 2.35. The molecule has 1 aliphatic heterocycles. The number of aliphatic imine (C=N–C) groups is 1. The Bertz CT molecular complexity index is 570.